The number of aromatic nitrogens is 1. The summed E-state index contributed by atoms with van der Waals surface area (Å²) in [5.74, 6) is 2.35. The van der Waals surface area contributed by atoms with E-state index in [0.717, 1.165) is 29.8 Å². The molecule has 2 atom stereocenters. The number of rotatable bonds is 3. The Hall–Kier alpha value is -0.900. The van der Waals surface area contributed by atoms with E-state index < -0.39 is 0 Å². The minimum Gasteiger partial charge on any atom is -0.380 e. The molecule has 3 nitrogen and oxygen atoms in total. The third kappa shape index (κ3) is 2.74. The average Bonchev–Trinajstić information content (AvgIpc) is 3.02. The zero-order valence-corrected chi connectivity index (χ0v) is 11.7. The summed E-state index contributed by atoms with van der Waals surface area (Å²) in [5.41, 5.74) is 1.16. The average molecular weight is 263 g/mol. The molecule has 0 aromatic carbocycles. The zero-order valence-electron chi connectivity index (χ0n) is 10.9. The Morgan fingerprint density at radius 3 is 2.78 bits per heavy atom. The van der Waals surface area contributed by atoms with Gasteiger partial charge in [-0.3, -0.25) is 0 Å². The smallest absolute Gasteiger partial charge is 0.128 e. The van der Waals surface area contributed by atoms with Gasteiger partial charge in [-0.2, -0.15) is 11.8 Å². The molecule has 2 fully saturated rings. The van der Waals surface area contributed by atoms with Gasteiger partial charge >= 0.3 is 0 Å². The number of nitrogens with zero attached hydrogens (tertiary/aromatic N) is 2. The molecule has 1 N–H and O–H groups in total. The quantitative estimate of drug-likeness (QED) is 0.907. The van der Waals surface area contributed by atoms with E-state index >= 15 is 0 Å². The van der Waals surface area contributed by atoms with Gasteiger partial charge in [0, 0.05) is 30.1 Å². The summed E-state index contributed by atoms with van der Waals surface area (Å²) in [5, 5.41) is 4.38. The Morgan fingerprint density at radius 1 is 1.33 bits per heavy atom. The van der Waals surface area contributed by atoms with Crippen LogP contribution in [0.2, 0.25) is 0 Å². The number of anilines is 2. The second-order valence-electron chi connectivity index (χ2n) is 5.32. The first kappa shape index (κ1) is 12.2. The summed E-state index contributed by atoms with van der Waals surface area (Å²) in [6.07, 6.45) is 5.86. The molecular weight excluding hydrogens is 242 g/mol. The van der Waals surface area contributed by atoms with Crippen molar-refractivity contribution in [3.63, 3.8) is 0 Å². The van der Waals surface area contributed by atoms with E-state index in [2.05, 4.69) is 46.0 Å². The number of pyridine rings is 1. The van der Waals surface area contributed by atoms with E-state index in [4.69, 9.17) is 0 Å². The molecule has 0 aliphatic carbocycles. The molecule has 0 amide bonds. The molecule has 2 aliphatic heterocycles. The zero-order chi connectivity index (χ0) is 12.4. The Kier molecular flexibility index (Phi) is 3.64. The second-order valence-corrected chi connectivity index (χ2v) is 6.79. The van der Waals surface area contributed by atoms with E-state index in [1.165, 1.54) is 25.0 Å². The van der Waals surface area contributed by atoms with Crippen LogP contribution in [0.4, 0.5) is 11.5 Å². The van der Waals surface area contributed by atoms with Crippen molar-refractivity contribution in [3.05, 3.63) is 18.3 Å². The van der Waals surface area contributed by atoms with Gasteiger partial charge in [-0.05, 0) is 31.4 Å². The molecule has 3 rings (SSSR count). The van der Waals surface area contributed by atoms with Crippen LogP contribution in [0.3, 0.4) is 0 Å². The monoisotopic (exact) mass is 263 g/mol. The van der Waals surface area contributed by atoms with Crippen LogP contribution in [0.5, 0.6) is 0 Å². The lowest BCUT2D eigenvalue weighted by molar-refractivity contribution is 0.746. The molecule has 98 valence electrons. The minimum absolute atomic E-state index is 0.615. The molecule has 0 saturated carbocycles. The maximum absolute atomic E-state index is 4.58. The fourth-order valence-electron chi connectivity index (χ4n) is 2.76. The van der Waals surface area contributed by atoms with Crippen molar-refractivity contribution in [3.8, 4) is 0 Å². The van der Waals surface area contributed by atoms with Gasteiger partial charge in [-0.1, -0.05) is 6.92 Å². The molecule has 2 unspecified atom stereocenters. The van der Waals surface area contributed by atoms with Crippen molar-refractivity contribution in [2.24, 2.45) is 0 Å². The number of hydrogen-bond donors (Lipinski definition) is 1. The van der Waals surface area contributed by atoms with Gasteiger partial charge in [0.15, 0.2) is 0 Å². The highest BCUT2D eigenvalue weighted by molar-refractivity contribution is 8.00. The SMILES string of the molecule is CC1CC(Nc2ccc(N3CCCC3)nc2)CS1. The summed E-state index contributed by atoms with van der Waals surface area (Å²) >= 11 is 2.06. The van der Waals surface area contributed by atoms with E-state index in [9.17, 15) is 0 Å². The van der Waals surface area contributed by atoms with Crippen LogP contribution >= 0.6 is 11.8 Å². The predicted molar refractivity (Wildman–Crippen MR) is 79.6 cm³/mol. The first-order valence-electron chi connectivity index (χ1n) is 6.90. The van der Waals surface area contributed by atoms with E-state index in [-0.39, 0.29) is 0 Å². The van der Waals surface area contributed by atoms with Crippen LogP contribution in [-0.4, -0.2) is 35.1 Å². The number of hydrogen-bond acceptors (Lipinski definition) is 4. The van der Waals surface area contributed by atoms with Crippen LogP contribution in [-0.2, 0) is 0 Å². The summed E-state index contributed by atoms with van der Waals surface area (Å²) in [7, 11) is 0. The Labute approximate surface area is 113 Å². The molecule has 18 heavy (non-hydrogen) atoms. The van der Waals surface area contributed by atoms with Gasteiger partial charge in [-0.15, -0.1) is 0 Å². The van der Waals surface area contributed by atoms with Crippen molar-refractivity contribution in [2.45, 2.75) is 37.5 Å². The summed E-state index contributed by atoms with van der Waals surface area (Å²) in [4.78, 5) is 6.95. The molecular formula is C14H21N3S. The molecule has 3 heterocycles. The van der Waals surface area contributed by atoms with Crippen LogP contribution in [0.25, 0.3) is 0 Å². The third-order valence-electron chi connectivity index (χ3n) is 3.75. The standard InChI is InChI=1S/C14H21N3S/c1-11-8-13(10-18-11)16-12-4-5-14(15-9-12)17-6-2-3-7-17/h4-5,9,11,13,16H,2-3,6-8,10H2,1H3. The number of nitrogens with one attached hydrogen (secondary N) is 1. The van der Waals surface area contributed by atoms with E-state index in [1.54, 1.807) is 0 Å². The van der Waals surface area contributed by atoms with Crippen LogP contribution in [0.1, 0.15) is 26.2 Å². The summed E-state index contributed by atoms with van der Waals surface area (Å²) in [6, 6.07) is 4.94. The third-order valence-corrected chi connectivity index (χ3v) is 5.10. The lowest BCUT2D eigenvalue weighted by atomic mass is 10.2. The maximum atomic E-state index is 4.58. The van der Waals surface area contributed by atoms with Crippen LogP contribution in [0.15, 0.2) is 18.3 Å². The molecule has 4 heteroatoms. The largest absolute Gasteiger partial charge is 0.380 e. The highest BCUT2D eigenvalue weighted by Crippen LogP contribution is 2.28. The second kappa shape index (κ2) is 5.39. The Balaban J connectivity index is 1.60. The van der Waals surface area contributed by atoms with Gasteiger partial charge in [0.2, 0.25) is 0 Å². The molecule has 2 aliphatic rings. The van der Waals surface area contributed by atoms with E-state index in [1.807, 2.05) is 6.20 Å². The fourth-order valence-corrected chi connectivity index (χ4v) is 3.91. The molecule has 0 radical (unpaired) electrons. The Morgan fingerprint density at radius 2 is 2.17 bits per heavy atom. The fraction of sp³-hybridized carbons (Fsp3) is 0.643. The van der Waals surface area contributed by atoms with Crippen molar-refractivity contribution in [1.82, 2.24) is 4.98 Å². The normalized spacial score (nSPS) is 27.7. The Bertz CT molecular complexity index is 387. The van der Waals surface area contributed by atoms with E-state index in [0.29, 0.717) is 6.04 Å². The van der Waals surface area contributed by atoms with Gasteiger partial charge < -0.3 is 10.2 Å². The van der Waals surface area contributed by atoms with Gasteiger partial charge in [0.05, 0.1) is 11.9 Å². The molecule has 2 saturated heterocycles. The van der Waals surface area contributed by atoms with Crippen molar-refractivity contribution >= 4 is 23.3 Å². The minimum atomic E-state index is 0.615. The van der Waals surface area contributed by atoms with Gasteiger partial charge in [0.1, 0.15) is 5.82 Å². The topological polar surface area (TPSA) is 28.2 Å². The van der Waals surface area contributed by atoms with Gasteiger partial charge in [0.25, 0.3) is 0 Å². The lowest BCUT2D eigenvalue weighted by Crippen LogP contribution is -2.20. The first-order valence-corrected chi connectivity index (χ1v) is 7.95. The highest BCUT2D eigenvalue weighted by atomic mass is 32.2. The molecule has 0 bridgehead atoms. The van der Waals surface area contributed by atoms with Crippen molar-refractivity contribution in [1.29, 1.82) is 0 Å². The molecule has 0 spiro atoms. The highest BCUT2D eigenvalue weighted by Gasteiger charge is 2.21. The van der Waals surface area contributed by atoms with Crippen LogP contribution in [0, 0.1) is 0 Å². The first-order chi connectivity index (χ1) is 8.81. The lowest BCUT2D eigenvalue weighted by Gasteiger charge is -2.17. The molecule has 1 aromatic rings. The summed E-state index contributed by atoms with van der Waals surface area (Å²) in [6.45, 7) is 4.63. The maximum Gasteiger partial charge on any atom is 0.128 e. The van der Waals surface area contributed by atoms with Crippen molar-refractivity contribution in [2.75, 3.05) is 29.1 Å². The predicted octanol–water partition coefficient (Wildman–Crippen LogP) is 2.99. The van der Waals surface area contributed by atoms with Crippen LogP contribution < -0.4 is 10.2 Å². The van der Waals surface area contributed by atoms with Crippen molar-refractivity contribution < 1.29 is 0 Å². The molecule has 1 aromatic heterocycles. The summed E-state index contributed by atoms with van der Waals surface area (Å²) < 4.78 is 0. The number of thioether (sulfide) groups is 1. The van der Waals surface area contributed by atoms with Gasteiger partial charge in [-0.25, -0.2) is 4.98 Å².